The summed E-state index contributed by atoms with van der Waals surface area (Å²) in [4.78, 5) is 4.56. The molecule has 6 heteroatoms. The highest BCUT2D eigenvalue weighted by Gasteiger charge is 2.33. The lowest BCUT2D eigenvalue weighted by Crippen LogP contribution is -2.34. The molecule has 0 amide bonds. The summed E-state index contributed by atoms with van der Waals surface area (Å²) in [5.74, 6) is 3.92. The van der Waals surface area contributed by atoms with E-state index in [0.29, 0.717) is 24.4 Å². The van der Waals surface area contributed by atoms with E-state index in [1.165, 1.54) is 0 Å². The van der Waals surface area contributed by atoms with Gasteiger partial charge in [-0.15, -0.1) is 0 Å². The molecule has 1 fully saturated rings. The molecule has 2 rings (SSSR count). The van der Waals surface area contributed by atoms with Gasteiger partial charge < -0.3 is 14.6 Å². The third kappa shape index (κ3) is 3.49. The van der Waals surface area contributed by atoms with Gasteiger partial charge in [0, 0.05) is 24.2 Å². The zero-order valence-corrected chi connectivity index (χ0v) is 12.7. The van der Waals surface area contributed by atoms with E-state index in [9.17, 15) is 0 Å². The lowest BCUT2D eigenvalue weighted by Gasteiger charge is -2.15. The molecule has 108 valence electrons. The Labute approximate surface area is 118 Å². The van der Waals surface area contributed by atoms with E-state index in [1.54, 1.807) is 0 Å². The maximum atomic E-state index is 5.62. The molecular weight excluding hydrogens is 262 g/mol. The number of thioether (sulfide) groups is 1. The normalized spacial score (nSPS) is 24.8. The highest BCUT2D eigenvalue weighted by atomic mass is 32.2. The summed E-state index contributed by atoms with van der Waals surface area (Å²) in [6.45, 7) is 7.82. The molecule has 0 bridgehead atoms. The Morgan fingerprint density at radius 3 is 2.95 bits per heavy atom. The van der Waals surface area contributed by atoms with Crippen molar-refractivity contribution in [3.8, 4) is 0 Å². The second-order valence-corrected chi connectivity index (χ2v) is 5.73. The van der Waals surface area contributed by atoms with Crippen molar-refractivity contribution in [2.75, 3.05) is 24.7 Å². The molecule has 1 aromatic heterocycles. The molecule has 19 heavy (non-hydrogen) atoms. The van der Waals surface area contributed by atoms with Crippen LogP contribution in [0.1, 0.15) is 50.9 Å². The Hall–Kier alpha value is -0.590. The zero-order chi connectivity index (χ0) is 13.7. The minimum Gasteiger partial charge on any atom is -0.370 e. The van der Waals surface area contributed by atoms with Gasteiger partial charge in [0.15, 0.2) is 0 Å². The first kappa shape index (κ1) is 14.8. The van der Waals surface area contributed by atoms with Crippen LogP contribution < -0.4 is 5.32 Å². The van der Waals surface area contributed by atoms with Crippen molar-refractivity contribution in [2.24, 2.45) is 0 Å². The predicted molar refractivity (Wildman–Crippen MR) is 76.5 cm³/mol. The molecule has 2 heterocycles. The fourth-order valence-electron chi connectivity index (χ4n) is 2.37. The number of ether oxygens (including phenoxy) is 1. The largest absolute Gasteiger partial charge is 0.370 e. The van der Waals surface area contributed by atoms with Crippen LogP contribution in [-0.2, 0) is 4.74 Å². The summed E-state index contributed by atoms with van der Waals surface area (Å²) in [6, 6.07) is 0.440. The van der Waals surface area contributed by atoms with E-state index in [1.807, 2.05) is 18.7 Å². The summed E-state index contributed by atoms with van der Waals surface area (Å²) in [5, 5.41) is 7.59. The molecule has 5 nitrogen and oxygen atoms in total. The summed E-state index contributed by atoms with van der Waals surface area (Å²) < 4.78 is 11.1. The number of nitrogens with one attached hydrogen (secondary N) is 1. The van der Waals surface area contributed by atoms with Crippen molar-refractivity contribution in [2.45, 2.75) is 45.3 Å². The van der Waals surface area contributed by atoms with E-state index in [4.69, 9.17) is 9.26 Å². The van der Waals surface area contributed by atoms with E-state index in [-0.39, 0.29) is 6.10 Å². The van der Waals surface area contributed by atoms with Crippen molar-refractivity contribution < 1.29 is 9.26 Å². The van der Waals surface area contributed by atoms with Crippen molar-refractivity contribution in [3.05, 3.63) is 11.7 Å². The van der Waals surface area contributed by atoms with Crippen LogP contribution in [0.4, 0.5) is 0 Å². The summed E-state index contributed by atoms with van der Waals surface area (Å²) in [5.41, 5.74) is 0. The lowest BCUT2D eigenvalue weighted by molar-refractivity contribution is 0.0518. The van der Waals surface area contributed by atoms with Crippen LogP contribution in [0.15, 0.2) is 4.52 Å². The number of rotatable bonds is 7. The van der Waals surface area contributed by atoms with Crippen LogP contribution in [0, 0.1) is 0 Å². The minimum absolute atomic E-state index is 0.0471. The molecule has 0 aromatic carbocycles. The molecule has 0 saturated carbocycles. The lowest BCUT2D eigenvalue weighted by atomic mass is 10.0. The molecule has 0 aliphatic carbocycles. The third-order valence-electron chi connectivity index (χ3n) is 3.35. The van der Waals surface area contributed by atoms with Crippen LogP contribution >= 0.6 is 11.8 Å². The van der Waals surface area contributed by atoms with Gasteiger partial charge in [-0.2, -0.15) is 16.7 Å². The Morgan fingerprint density at radius 1 is 1.42 bits per heavy atom. The minimum atomic E-state index is -0.0471. The van der Waals surface area contributed by atoms with Gasteiger partial charge in [0.25, 0.3) is 0 Å². The fourth-order valence-corrected chi connectivity index (χ4v) is 3.73. The van der Waals surface area contributed by atoms with Gasteiger partial charge >= 0.3 is 0 Å². The molecule has 1 aliphatic rings. The molecule has 3 unspecified atom stereocenters. The van der Waals surface area contributed by atoms with Gasteiger partial charge in [-0.25, -0.2) is 0 Å². The monoisotopic (exact) mass is 285 g/mol. The second-order valence-electron chi connectivity index (χ2n) is 4.65. The molecule has 1 N–H and O–H groups in total. The van der Waals surface area contributed by atoms with E-state index >= 15 is 0 Å². The average molecular weight is 285 g/mol. The highest BCUT2D eigenvalue weighted by molar-refractivity contribution is 7.99. The molecule has 1 aromatic rings. The van der Waals surface area contributed by atoms with Crippen molar-refractivity contribution in [1.29, 1.82) is 0 Å². The van der Waals surface area contributed by atoms with Crippen molar-refractivity contribution in [1.82, 2.24) is 15.5 Å². The molecular formula is C13H23N3O2S. The molecule has 3 atom stereocenters. The van der Waals surface area contributed by atoms with E-state index in [2.05, 4.69) is 29.3 Å². The van der Waals surface area contributed by atoms with Crippen molar-refractivity contribution >= 4 is 11.8 Å². The predicted octanol–water partition coefficient (Wildman–Crippen LogP) is 2.37. The maximum Gasteiger partial charge on any atom is 0.232 e. The number of nitrogens with zero attached hydrogens (tertiary/aromatic N) is 2. The zero-order valence-electron chi connectivity index (χ0n) is 11.9. The number of aromatic nitrogens is 2. The summed E-state index contributed by atoms with van der Waals surface area (Å²) in [6.07, 6.45) is 0.817. The van der Waals surface area contributed by atoms with Gasteiger partial charge in [0.1, 0.15) is 6.10 Å². The van der Waals surface area contributed by atoms with Crippen LogP contribution in [0.5, 0.6) is 0 Å². The van der Waals surface area contributed by atoms with Gasteiger partial charge in [-0.1, -0.05) is 19.0 Å². The SMILES string of the molecule is CCNC1CSCC1c1nc(C(CC)OCC)no1. The quantitative estimate of drug-likeness (QED) is 0.830. The average Bonchev–Trinajstić information content (AvgIpc) is 3.04. The number of hydrogen-bond donors (Lipinski definition) is 1. The van der Waals surface area contributed by atoms with Crippen LogP contribution in [0.2, 0.25) is 0 Å². The maximum absolute atomic E-state index is 5.62. The Balaban J connectivity index is 2.07. The van der Waals surface area contributed by atoms with Gasteiger partial charge in [0.2, 0.25) is 11.7 Å². The van der Waals surface area contributed by atoms with E-state index in [0.717, 1.165) is 30.4 Å². The van der Waals surface area contributed by atoms with Gasteiger partial charge in [-0.05, 0) is 19.9 Å². The fraction of sp³-hybridized carbons (Fsp3) is 0.846. The molecule has 0 radical (unpaired) electrons. The Kier molecular flexibility index (Phi) is 5.66. The Bertz CT molecular complexity index is 386. The van der Waals surface area contributed by atoms with Crippen molar-refractivity contribution in [3.63, 3.8) is 0 Å². The molecule has 0 spiro atoms. The van der Waals surface area contributed by atoms with Gasteiger partial charge in [-0.3, -0.25) is 0 Å². The standard InChI is InChI=1S/C13H23N3O2S/c1-4-11(17-6-3)12-15-13(18-16-12)9-7-19-8-10(9)14-5-2/h9-11,14H,4-8H2,1-3H3. The Morgan fingerprint density at radius 2 is 2.26 bits per heavy atom. The topological polar surface area (TPSA) is 60.2 Å². The highest BCUT2D eigenvalue weighted by Crippen LogP contribution is 2.32. The van der Waals surface area contributed by atoms with Crippen LogP contribution in [0.3, 0.4) is 0 Å². The first-order valence-corrected chi connectivity index (χ1v) is 8.21. The number of likely N-dealkylation sites (N-methyl/N-ethyl adjacent to an activating group) is 1. The van der Waals surface area contributed by atoms with E-state index < -0.39 is 0 Å². The van der Waals surface area contributed by atoms with Crippen LogP contribution in [0.25, 0.3) is 0 Å². The van der Waals surface area contributed by atoms with Gasteiger partial charge in [0.05, 0.1) is 5.92 Å². The molecule has 1 aliphatic heterocycles. The smallest absolute Gasteiger partial charge is 0.232 e. The molecule has 1 saturated heterocycles. The van der Waals surface area contributed by atoms with Crippen LogP contribution in [-0.4, -0.2) is 40.8 Å². The first-order valence-electron chi connectivity index (χ1n) is 7.06. The summed E-state index contributed by atoms with van der Waals surface area (Å²) >= 11 is 1.94. The number of hydrogen-bond acceptors (Lipinski definition) is 6. The third-order valence-corrected chi connectivity index (χ3v) is 4.54. The summed E-state index contributed by atoms with van der Waals surface area (Å²) in [7, 11) is 0. The first-order chi connectivity index (χ1) is 9.30. The second kappa shape index (κ2) is 7.26.